The van der Waals surface area contributed by atoms with Crippen molar-refractivity contribution >= 4 is 17.6 Å². The Morgan fingerprint density at radius 1 is 1.37 bits per heavy atom. The number of benzene rings is 1. The average molecular weight is 395 g/mol. The van der Waals surface area contributed by atoms with E-state index in [0.717, 1.165) is 51.2 Å². The van der Waals surface area contributed by atoms with Gasteiger partial charge in [-0.25, -0.2) is 4.39 Å². The van der Waals surface area contributed by atoms with Crippen molar-refractivity contribution in [1.82, 2.24) is 15.5 Å². The first kappa shape index (κ1) is 19.0. The third kappa shape index (κ3) is 4.08. The van der Waals surface area contributed by atoms with E-state index >= 15 is 0 Å². The fraction of sp³-hybridized carbons (Fsp3) is 0.650. The highest BCUT2D eigenvalue weighted by Crippen LogP contribution is 2.34. The van der Waals surface area contributed by atoms with Crippen molar-refractivity contribution in [3.8, 4) is 0 Å². The van der Waals surface area contributed by atoms with E-state index in [1.165, 1.54) is 6.07 Å². The zero-order valence-electron chi connectivity index (χ0n) is 15.8. The van der Waals surface area contributed by atoms with Gasteiger partial charge in [0.25, 0.3) is 0 Å². The van der Waals surface area contributed by atoms with E-state index < -0.39 is 0 Å². The Labute approximate surface area is 165 Å². The number of nitrogens with zero attached hydrogens (tertiary/aromatic N) is 2. The summed E-state index contributed by atoms with van der Waals surface area (Å²) in [4.78, 5) is 6.68. The van der Waals surface area contributed by atoms with Crippen LogP contribution in [0.15, 0.2) is 23.2 Å². The van der Waals surface area contributed by atoms with E-state index in [1.807, 2.05) is 0 Å². The van der Waals surface area contributed by atoms with Gasteiger partial charge in [-0.05, 0) is 57.3 Å². The van der Waals surface area contributed by atoms with E-state index in [-0.39, 0.29) is 18.0 Å². The first-order valence-corrected chi connectivity index (χ1v) is 10.3. The molecule has 1 aromatic carbocycles. The second kappa shape index (κ2) is 8.33. The Balaban J connectivity index is 1.45. The van der Waals surface area contributed by atoms with Gasteiger partial charge in [-0.1, -0.05) is 17.7 Å². The number of rotatable bonds is 5. The summed E-state index contributed by atoms with van der Waals surface area (Å²) in [6.45, 7) is 2.48. The summed E-state index contributed by atoms with van der Waals surface area (Å²) >= 11 is 6.38. The van der Waals surface area contributed by atoms with E-state index in [4.69, 9.17) is 16.3 Å². The maximum absolute atomic E-state index is 14.6. The van der Waals surface area contributed by atoms with Crippen LogP contribution in [0.5, 0.6) is 0 Å². The smallest absolute Gasteiger partial charge is 0.191 e. The summed E-state index contributed by atoms with van der Waals surface area (Å²) in [5, 5.41) is 7.38. The first-order valence-electron chi connectivity index (χ1n) is 9.96. The Morgan fingerprint density at radius 3 is 2.81 bits per heavy atom. The Morgan fingerprint density at radius 2 is 2.19 bits per heavy atom. The Bertz CT molecular complexity index is 674. The SMILES string of the molecule is CN=C(NCC(c1c(F)cccc1Cl)N1CCCC1)NC1CC2CCC1O2. The average Bonchev–Trinajstić information content (AvgIpc) is 3.41. The van der Waals surface area contributed by atoms with Gasteiger partial charge in [0.2, 0.25) is 0 Å². The second-order valence-corrected chi connectivity index (χ2v) is 8.11. The fourth-order valence-electron chi connectivity index (χ4n) is 4.65. The highest BCUT2D eigenvalue weighted by molar-refractivity contribution is 6.31. The molecule has 4 unspecified atom stereocenters. The molecule has 4 rings (SSSR count). The van der Waals surface area contributed by atoms with Crippen molar-refractivity contribution in [3.63, 3.8) is 0 Å². The van der Waals surface area contributed by atoms with Gasteiger partial charge in [0.05, 0.1) is 24.3 Å². The van der Waals surface area contributed by atoms with Crippen molar-refractivity contribution in [2.24, 2.45) is 4.99 Å². The van der Waals surface area contributed by atoms with Crippen LogP contribution in [0.25, 0.3) is 0 Å². The molecule has 3 fully saturated rings. The van der Waals surface area contributed by atoms with Gasteiger partial charge in [-0.15, -0.1) is 0 Å². The predicted molar refractivity (Wildman–Crippen MR) is 106 cm³/mol. The van der Waals surface area contributed by atoms with Crippen LogP contribution >= 0.6 is 11.6 Å². The zero-order valence-corrected chi connectivity index (χ0v) is 16.5. The molecule has 0 aliphatic carbocycles. The topological polar surface area (TPSA) is 48.9 Å². The van der Waals surface area contributed by atoms with Crippen LogP contribution in [-0.2, 0) is 4.74 Å². The molecule has 1 aromatic rings. The number of hydrogen-bond acceptors (Lipinski definition) is 3. The fourth-order valence-corrected chi connectivity index (χ4v) is 4.94. The number of fused-ring (bicyclic) bond motifs is 2. The number of hydrogen-bond donors (Lipinski definition) is 2. The molecule has 3 heterocycles. The minimum Gasteiger partial charge on any atom is -0.373 e. The van der Waals surface area contributed by atoms with Crippen molar-refractivity contribution in [2.45, 2.75) is 56.4 Å². The summed E-state index contributed by atoms with van der Waals surface area (Å²) in [6, 6.07) is 5.10. The Kier molecular flexibility index (Phi) is 5.85. The largest absolute Gasteiger partial charge is 0.373 e. The number of halogens is 2. The lowest BCUT2D eigenvalue weighted by atomic mass is 9.96. The lowest BCUT2D eigenvalue weighted by Crippen LogP contribution is -2.49. The predicted octanol–water partition coefficient (Wildman–Crippen LogP) is 3.10. The van der Waals surface area contributed by atoms with Crippen LogP contribution in [-0.4, -0.2) is 55.8 Å². The van der Waals surface area contributed by atoms with Crippen LogP contribution in [0.3, 0.4) is 0 Å². The third-order valence-corrected chi connectivity index (χ3v) is 6.36. The number of ether oxygens (including phenoxy) is 1. The highest BCUT2D eigenvalue weighted by Gasteiger charge is 2.41. The molecular weight excluding hydrogens is 367 g/mol. The Hall–Kier alpha value is -1.37. The van der Waals surface area contributed by atoms with Gasteiger partial charge >= 0.3 is 0 Å². The van der Waals surface area contributed by atoms with Crippen molar-refractivity contribution in [2.75, 3.05) is 26.7 Å². The molecule has 0 spiro atoms. The van der Waals surface area contributed by atoms with Gasteiger partial charge in [-0.3, -0.25) is 9.89 Å². The summed E-state index contributed by atoms with van der Waals surface area (Å²) in [7, 11) is 1.77. The summed E-state index contributed by atoms with van der Waals surface area (Å²) in [5.74, 6) is 0.499. The molecule has 3 saturated heterocycles. The normalized spacial score (nSPS) is 29.3. The van der Waals surface area contributed by atoms with Crippen molar-refractivity contribution in [3.05, 3.63) is 34.6 Å². The molecular formula is C20H28ClFN4O. The molecule has 3 aliphatic rings. The van der Waals surface area contributed by atoms with Gasteiger partial charge < -0.3 is 15.4 Å². The molecule has 0 saturated carbocycles. The standard InChI is InChI=1S/C20H28ClFN4O/c1-23-20(25-16-11-13-7-8-18(16)27-13)24-12-17(26-9-2-3-10-26)19-14(21)5-4-6-15(19)22/h4-6,13,16-18H,2-3,7-12H2,1H3,(H2,23,24,25). The highest BCUT2D eigenvalue weighted by atomic mass is 35.5. The maximum atomic E-state index is 14.6. The minimum atomic E-state index is -0.245. The molecule has 3 aliphatic heterocycles. The van der Waals surface area contributed by atoms with Gasteiger partial charge in [0.1, 0.15) is 5.82 Å². The van der Waals surface area contributed by atoms with Crippen LogP contribution in [0.1, 0.15) is 43.7 Å². The number of aliphatic imine (C=N–C) groups is 1. The van der Waals surface area contributed by atoms with Crippen LogP contribution < -0.4 is 10.6 Å². The second-order valence-electron chi connectivity index (χ2n) is 7.71. The van der Waals surface area contributed by atoms with Crippen molar-refractivity contribution < 1.29 is 9.13 Å². The zero-order chi connectivity index (χ0) is 18.8. The lowest BCUT2D eigenvalue weighted by Gasteiger charge is -2.30. The monoisotopic (exact) mass is 394 g/mol. The van der Waals surface area contributed by atoms with Gasteiger partial charge in [0, 0.05) is 24.2 Å². The van der Waals surface area contributed by atoms with Crippen LogP contribution in [0.2, 0.25) is 5.02 Å². The maximum Gasteiger partial charge on any atom is 0.191 e. The molecule has 0 aromatic heterocycles. The summed E-state index contributed by atoms with van der Waals surface area (Å²) in [6.07, 6.45) is 6.25. The minimum absolute atomic E-state index is 0.115. The third-order valence-electron chi connectivity index (χ3n) is 6.03. The van der Waals surface area contributed by atoms with E-state index in [0.29, 0.717) is 29.3 Å². The van der Waals surface area contributed by atoms with Crippen molar-refractivity contribution in [1.29, 1.82) is 0 Å². The van der Waals surface area contributed by atoms with E-state index in [9.17, 15) is 4.39 Å². The molecule has 27 heavy (non-hydrogen) atoms. The molecule has 148 valence electrons. The molecule has 4 atom stereocenters. The molecule has 5 nitrogen and oxygen atoms in total. The quantitative estimate of drug-likeness (QED) is 0.595. The summed E-state index contributed by atoms with van der Waals surface area (Å²) < 4.78 is 20.5. The number of nitrogens with one attached hydrogen (secondary N) is 2. The van der Waals surface area contributed by atoms with E-state index in [1.54, 1.807) is 19.2 Å². The van der Waals surface area contributed by atoms with E-state index in [2.05, 4.69) is 20.5 Å². The molecule has 2 N–H and O–H groups in total. The van der Waals surface area contributed by atoms with Gasteiger partial charge in [0.15, 0.2) is 5.96 Å². The molecule has 0 amide bonds. The summed E-state index contributed by atoms with van der Waals surface area (Å²) in [5.41, 5.74) is 0.576. The van der Waals surface area contributed by atoms with Crippen LogP contribution in [0.4, 0.5) is 4.39 Å². The lowest BCUT2D eigenvalue weighted by molar-refractivity contribution is 0.0992. The number of likely N-dealkylation sites (tertiary alicyclic amines) is 1. The van der Waals surface area contributed by atoms with Gasteiger partial charge in [-0.2, -0.15) is 0 Å². The molecule has 2 bridgehead atoms. The molecule has 0 radical (unpaired) electrons. The first-order chi connectivity index (χ1) is 13.2. The van der Waals surface area contributed by atoms with Crippen LogP contribution in [0, 0.1) is 5.82 Å². The molecule has 7 heteroatoms. The number of guanidine groups is 1.